The minimum absolute atomic E-state index is 0.152. The number of amides is 2. The molecule has 44 heavy (non-hydrogen) atoms. The number of nitrogens with one attached hydrogen (secondary N) is 2. The number of carbonyl (C=O) groups excluding carboxylic acids is 2. The smallest absolute Gasteiger partial charge is 0.243 e. The fourth-order valence-corrected chi connectivity index (χ4v) is 6.29. The topological polar surface area (TPSA) is 108 Å². The Labute approximate surface area is 265 Å². The molecule has 1 atom stereocenters. The highest BCUT2D eigenvalue weighted by molar-refractivity contribution is 7.89. The molecule has 1 fully saturated rings. The van der Waals surface area contributed by atoms with Gasteiger partial charge < -0.3 is 15.0 Å². The lowest BCUT2D eigenvalue weighted by molar-refractivity contribution is -0.141. The quantitative estimate of drug-likeness (QED) is 0.263. The second-order valence-electron chi connectivity index (χ2n) is 10.7. The van der Waals surface area contributed by atoms with E-state index >= 15 is 0 Å². The van der Waals surface area contributed by atoms with E-state index < -0.39 is 16.1 Å². The number of halogens is 1. The normalized spacial score (nSPS) is 14.6. The molecule has 9 nitrogen and oxygen atoms in total. The molecular weight excluding hydrogens is 600 g/mol. The molecule has 3 aromatic rings. The summed E-state index contributed by atoms with van der Waals surface area (Å²) in [5.41, 5.74) is 2.64. The summed E-state index contributed by atoms with van der Waals surface area (Å²) in [5.74, 6) is -0.379. The maximum absolute atomic E-state index is 13.9. The summed E-state index contributed by atoms with van der Waals surface area (Å²) < 4.78 is 32.6. The molecule has 1 aliphatic rings. The molecule has 2 N–H and O–H groups in total. The largest absolute Gasteiger partial charge is 0.379 e. The summed E-state index contributed by atoms with van der Waals surface area (Å²) in [7, 11) is -3.56. The molecule has 0 saturated carbocycles. The average molecular weight is 641 g/mol. The first kappa shape index (κ1) is 33.6. The van der Waals surface area contributed by atoms with Crippen LogP contribution < -0.4 is 10.0 Å². The van der Waals surface area contributed by atoms with Crippen molar-refractivity contribution in [3.05, 3.63) is 101 Å². The SMILES string of the molecule is CCNS(=O)(=O)c1ccc(CCC(=O)N(Cc2ccc(Cl)cc2)[C@H](Cc2ccccc2)C(=O)NCCN2CCOCC2)cc1. The molecular formula is C33H41ClN4O5S. The third kappa shape index (κ3) is 10.1. The van der Waals surface area contributed by atoms with Gasteiger partial charge in [-0.25, -0.2) is 13.1 Å². The minimum Gasteiger partial charge on any atom is -0.379 e. The zero-order chi connectivity index (χ0) is 31.4. The third-order valence-corrected chi connectivity index (χ3v) is 9.38. The first-order chi connectivity index (χ1) is 21.2. The number of nitrogens with zero attached hydrogens (tertiary/aromatic N) is 2. The van der Waals surface area contributed by atoms with Crippen LogP contribution in [0.15, 0.2) is 83.8 Å². The van der Waals surface area contributed by atoms with Gasteiger partial charge in [0.2, 0.25) is 21.8 Å². The molecule has 0 unspecified atom stereocenters. The summed E-state index contributed by atoms with van der Waals surface area (Å²) in [4.78, 5) is 31.8. The molecule has 0 aliphatic carbocycles. The van der Waals surface area contributed by atoms with Crippen LogP contribution in [-0.4, -0.2) is 82.0 Å². The number of morpholine rings is 1. The van der Waals surface area contributed by atoms with Crippen LogP contribution in [-0.2, 0) is 43.7 Å². The van der Waals surface area contributed by atoms with Crippen LogP contribution in [0.4, 0.5) is 0 Å². The van der Waals surface area contributed by atoms with Gasteiger partial charge in [-0.15, -0.1) is 0 Å². The van der Waals surface area contributed by atoms with Gasteiger partial charge in [-0.2, -0.15) is 0 Å². The number of aryl methyl sites for hydroxylation is 1. The summed E-state index contributed by atoms with van der Waals surface area (Å²) in [6.07, 6.45) is 0.911. The fourth-order valence-electron chi connectivity index (χ4n) is 5.12. The lowest BCUT2D eigenvalue weighted by Gasteiger charge is -2.32. The highest BCUT2D eigenvalue weighted by atomic mass is 35.5. The van der Waals surface area contributed by atoms with Gasteiger partial charge in [-0.05, 0) is 47.4 Å². The number of hydrogen-bond donors (Lipinski definition) is 2. The third-order valence-electron chi connectivity index (χ3n) is 7.56. The van der Waals surface area contributed by atoms with Gasteiger partial charge in [-0.1, -0.05) is 73.1 Å². The van der Waals surface area contributed by atoms with E-state index in [2.05, 4.69) is 14.9 Å². The average Bonchev–Trinajstić information content (AvgIpc) is 3.03. The zero-order valence-electron chi connectivity index (χ0n) is 25.1. The number of carbonyl (C=O) groups is 2. The van der Waals surface area contributed by atoms with Gasteiger partial charge >= 0.3 is 0 Å². The van der Waals surface area contributed by atoms with E-state index in [9.17, 15) is 18.0 Å². The maximum atomic E-state index is 13.9. The Kier molecular flexibility index (Phi) is 12.8. The van der Waals surface area contributed by atoms with Crippen LogP contribution in [0.2, 0.25) is 5.02 Å². The van der Waals surface area contributed by atoms with E-state index in [-0.39, 0.29) is 29.7 Å². The van der Waals surface area contributed by atoms with Gasteiger partial charge in [0, 0.05) is 57.1 Å². The standard InChI is InChI=1S/C33H41ClN4O5S/c1-2-36-44(41,42)30-15-10-26(11-16-30)12-17-32(39)38(25-28-8-13-29(34)14-9-28)31(24-27-6-4-3-5-7-27)33(40)35-18-19-37-20-22-43-23-21-37/h3-11,13-16,31,36H,2,12,17-25H2,1H3,(H,35,40)/t31-/m1/s1. The van der Waals surface area contributed by atoms with Crippen LogP contribution in [0.3, 0.4) is 0 Å². The minimum atomic E-state index is -3.56. The molecule has 1 aliphatic heterocycles. The number of benzene rings is 3. The predicted molar refractivity (Wildman–Crippen MR) is 172 cm³/mol. The van der Waals surface area contributed by atoms with Crippen molar-refractivity contribution >= 4 is 33.4 Å². The molecule has 1 heterocycles. The van der Waals surface area contributed by atoms with Crippen LogP contribution in [0.25, 0.3) is 0 Å². The number of sulfonamides is 1. The van der Waals surface area contributed by atoms with Crippen molar-refractivity contribution in [2.24, 2.45) is 0 Å². The van der Waals surface area contributed by atoms with Gasteiger partial charge in [0.1, 0.15) is 6.04 Å². The van der Waals surface area contributed by atoms with Gasteiger partial charge in [-0.3, -0.25) is 14.5 Å². The summed E-state index contributed by atoms with van der Waals surface area (Å²) >= 11 is 6.13. The van der Waals surface area contributed by atoms with Crippen LogP contribution in [0, 0.1) is 0 Å². The fraction of sp³-hybridized carbons (Fsp3) is 0.394. The van der Waals surface area contributed by atoms with Crippen molar-refractivity contribution in [3.63, 3.8) is 0 Å². The Morgan fingerprint density at radius 2 is 1.59 bits per heavy atom. The van der Waals surface area contributed by atoms with Crippen molar-refractivity contribution in [2.75, 3.05) is 45.9 Å². The monoisotopic (exact) mass is 640 g/mol. The van der Waals surface area contributed by atoms with Gasteiger partial charge in [0.05, 0.1) is 18.1 Å². The lowest BCUT2D eigenvalue weighted by Crippen LogP contribution is -2.52. The molecule has 3 aromatic carbocycles. The number of ether oxygens (including phenoxy) is 1. The number of rotatable bonds is 15. The van der Waals surface area contributed by atoms with Gasteiger partial charge in [0.15, 0.2) is 0 Å². The molecule has 0 spiro atoms. The van der Waals surface area contributed by atoms with E-state index in [0.717, 1.165) is 29.8 Å². The van der Waals surface area contributed by atoms with Crippen LogP contribution >= 0.6 is 11.6 Å². The Bertz CT molecular complexity index is 1450. The summed E-state index contributed by atoms with van der Waals surface area (Å²) in [6.45, 7) is 6.45. The molecule has 1 saturated heterocycles. The van der Waals surface area contributed by atoms with E-state index in [1.54, 1.807) is 48.2 Å². The van der Waals surface area contributed by atoms with Crippen molar-refractivity contribution in [1.29, 1.82) is 0 Å². The summed E-state index contributed by atoms with van der Waals surface area (Å²) in [6, 6.07) is 22.8. The highest BCUT2D eigenvalue weighted by Crippen LogP contribution is 2.19. The first-order valence-electron chi connectivity index (χ1n) is 15.0. The second-order valence-corrected chi connectivity index (χ2v) is 12.9. The first-order valence-corrected chi connectivity index (χ1v) is 16.9. The molecule has 2 amide bonds. The molecule has 11 heteroatoms. The Morgan fingerprint density at radius 3 is 2.25 bits per heavy atom. The van der Waals surface area contributed by atoms with Crippen molar-refractivity contribution < 1.29 is 22.7 Å². The Morgan fingerprint density at radius 1 is 0.932 bits per heavy atom. The molecule has 236 valence electrons. The number of hydrogen-bond acceptors (Lipinski definition) is 6. The van der Waals surface area contributed by atoms with Crippen molar-refractivity contribution in [2.45, 2.75) is 43.7 Å². The highest BCUT2D eigenvalue weighted by Gasteiger charge is 2.30. The van der Waals surface area contributed by atoms with E-state index in [1.165, 1.54) is 0 Å². The van der Waals surface area contributed by atoms with E-state index in [4.69, 9.17) is 16.3 Å². The summed E-state index contributed by atoms with van der Waals surface area (Å²) in [5, 5.41) is 3.68. The molecule has 0 radical (unpaired) electrons. The Hall–Kier alpha value is -3.28. The van der Waals surface area contributed by atoms with E-state index in [0.29, 0.717) is 50.7 Å². The molecule has 0 bridgehead atoms. The Balaban J connectivity index is 1.53. The second kappa shape index (κ2) is 16.7. The van der Waals surface area contributed by atoms with Crippen LogP contribution in [0.5, 0.6) is 0 Å². The van der Waals surface area contributed by atoms with Crippen molar-refractivity contribution in [1.82, 2.24) is 19.8 Å². The van der Waals surface area contributed by atoms with Gasteiger partial charge in [0.25, 0.3) is 0 Å². The maximum Gasteiger partial charge on any atom is 0.243 e. The predicted octanol–water partition coefficient (Wildman–Crippen LogP) is 3.66. The zero-order valence-corrected chi connectivity index (χ0v) is 26.7. The lowest BCUT2D eigenvalue weighted by atomic mass is 10.0. The van der Waals surface area contributed by atoms with Crippen LogP contribution in [0.1, 0.15) is 30.0 Å². The molecule has 4 rings (SSSR count). The van der Waals surface area contributed by atoms with Crippen molar-refractivity contribution in [3.8, 4) is 0 Å². The molecule has 0 aromatic heterocycles. The van der Waals surface area contributed by atoms with E-state index in [1.807, 2.05) is 42.5 Å².